The molecule has 1 unspecified atom stereocenters. The lowest BCUT2D eigenvalue weighted by Crippen LogP contribution is -2.30. The van der Waals surface area contributed by atoms with Gasteiger partial charge in [0.1, 0.15) is 16.9 Å². The molecule has 2 heterocycles. The van der Waals surface area contributed by atoms with Crippen LogP contribution in [0.25, 0.3) is 11.3 Å². The van der Waals surface area contributed by atoms with Gasteiger partial charge < -0.3 is 19.5 Å². The number of nitrogens with one attached hydrogen (secondary N) is 1. The zero-order valence-electron chi connectivity index (χ0n) is 20.3. The van der Waals surface area contributed by atoms with Crippen molar-refractivity contribution in [1.82, 2.24) is 14.8 Å². The summed E-state index contributed by atoms with van der Waals surface area (Å²) < 4.78 is 16.6. The molecule has 10 nitrogen and oxygen atoms in total. The fourth-order valence-corrected chi connectivity index (χ4v) is 3.22. The van der Waals surface area contributed by atoms with E-state index < -0.39 is 30.1 Å². The van der Waals surface area contributed by atoms with E-state index in [2.05, 4.69) is 15.4 Å². The normalized spacial score (nSPS) is 11.6. The molecule has 0 radical (unpaired) electrons. The van der Waals surface area contributed by atoms with Gasteiger partial charge in [0.2, 0.25) is 6.29 Å². The van der Waals surface area contributed by atoms with E-state index in [1.807, 2.05) is 13.0 Å². The number of anilines is 2. The first kappa shape index (κ1) is 25.4. The molecule has 1 aromatic carbocycles. The van der Waals surface area contributed by atoms with Crippen LogP contribution in [0.5, 0.6) is 0 Å². The number of nitrogens with zero attached hydrogens (tertiary/aromatic N) is 3. The van der Waals surface area contributed by atoms with E-state index in [9.17, 15) is 14.4 Å². The highest BCUT2D eigenvalue weighted by Crippen LogP contribution is 2.29. The molecule has 0 amide bonds. The zero-order chi connectivity index (χ0) is 25.5. The predicted molar refractivity (Wildman–Crippen MR) is 129 cm³/mol. The highest BCUT2D eigenvalue weighted by atomic mass is 16.8. The maximum absolute atomic E-state index is 13.4. The zero-order valence-corrected chi connectivity index (χ0v) is 20.3. The third-order valence-corrected chi connectivity index (χ3v) is 4.87. The molecule has 0 spiro atoms. The fourth-order valence-electron chi connectivity index (χ4n) is 3.22. The Hall–Kier alpha value is -4.21. The summed E-state index contributed by atoms with van der Waals surface area (Å²) in [7, 11) is 0. The van der Waals surface area contributed by atoms with Crippen molar-refractivity contribution >= 4 is 23.5 Å². The van der Waals surface area contributed by atoms with Gasteiger partial charge in [-0.1, -0.05) is 30.3 Å². The minimum absolute atomic E-state index is 0.0289. The number of carbonyl (C=O) groups is 2. The van der Waals surface area contributed by atoms with Gasteiger partial charge in [-0.25, -0.2) is 14.3 Å². The number of hydrogen-bond acceptors (Lipinski definition) is 9. The highest BCUT2D eigenvalue weighted by Gasteiger charge is 2.28. The molecule has 35 heavy (non-hydrogen) atoms. The highest BCUT2D eigenvalue weighted by molar-refractivity contribution is 6.02. The number of pyridine rings is 1. The first-order valence-corrected chi connectivity index (χ1v) is 11.2. The molecule has 3 rings (SSSR count). The number of carbonyl (C=O) groups excluding carboxylic acids is 2. The summed E-state index contributed by atoms with van der Waals surface area (Å²) >= 11 is 0. The quantitative estimate of drug-likeness (QED) is 0.368. The number of aryl methyl sites for hydroxylation is 2. The van der Waals surface area contributed by atoms with Crippen molar-refractivity contribution in [2.24, 2.45) is 0 Å². The second-order valence-electron chi connectivity index (χ2n) is 7.91. The predicted octanol–water partition coefficient (Wildman–Crippen LogP) is 4.44. The molecule has 0 fully saturated rings. The molecule has 2 aromatic heterocycles. The molecule has 10 heteroatoms. The van der Waals surface area contributed by atoms with Gasteiger partial charge in [0, 0.05) is 25.2 Å². The summed E-state index contributed by atoms with van der Waals surface area (Å²) in [6.07, 6.45) is 0.513. The lowest BCUT2D eigenvalue weighted by Gasteiger charge is -2.19. The molecule has 0 aliphatic carbocycles. The van der Waals surface area contributed by atoms with Gasteiger partial charge in [-0.05, 0) is 39.3 Å². The summed E-state index contributed by atoms with van der Waals surface area (Å²) in [4.78, 5) is 42.6. The van der Waals surface area contributed by atoms with Crippen LogP contribution in [-0.4, -0.2) is 39.3 Å². The first-order valence-electron chi connectivity index (χ1n) is 11.2. The minimum atomic E-state index is -1.28. The topological polar surface area (TPSA) is 122 Å². The number of ether oxygens (including phenoxy) is 3. The third kappa shape index (κ3) is 6.23. The van der Waals surface area contributed by atoms with Crippen LogP contribution in [0.2, 0.25) is 0 Å². The summed E-state index contributed by atoms with van der Waals surface area (Å²) in [6, 6.07) is 10.7. The van der Waals surface area contributed by atoms with Crippen LogP contribution in [-0.2, 0) is 20.8 Å². The summed E-state index contributed by atoms with van der Waals surface area (Å²) in [5, 5.41) is 7.48. The van der Waals surface area contributed by atoms with Gasteiger partial charge in [-0.15, -0.1) is 0 Å². The van der Waals surface area contributed by atoms with E-state index in [1.165, 1.54) is 11.6 Å². The number of aromatic nitrogens is 3. The molecular formula is C25H28N4O6. The van der Waals surface area contributed by atoms with Crippen molar-refractivity contribution in [2.75, 3.05) is 5.32 Å². The van der Waals surface area contributed by atoms with Gasteiger partial charge in [0.05, 0.1) is 18.0 Å². The average molecular weight is 481 g/mol. The molecule has 1 atom stereocenters. The summed E-state index contributed by atoms with van der Waals surface area (Å²) in [6.45, 7) is 8.59. The standard InChI is InChI=1S/C25H28N4O6/c1-6-29-23(30)22(27-19-14-26-13-12-16(19)4)20(21(28-29)18-10-8-7-9-11-18)24(31)34-17(5)35-25(32)33-15(2)3/h7-15,17,27H,6H2,1-5H3. The van der Waals surface area contributed by atoms with Crippen LogP contribution in [0.4, 0.5) is 16.2 Å². The van der Waals surface area contributed by atoms with Crippen LogP contribution in [0, 0.1) is 6.92 Å². The van der Waals surface area contributed by atoms with Crippen molar-refractivity contribution in [3.05, 3.63) is 70.3 Å². The smallest absolute Gasteiger partial charge is 0.431 e. The Bertz CT molecular complexity index is 1260. The Morgan fingerprint density at radius 2 is 1.77 bits per heavy atom. The van der Waals surface area contributed by atoms with Gasteiger partial charge in [-0.2, -0.15) is 5.10 Å². The lowest BCUT2D eigenvalue weighted by molar-refractivity contribution is -0.0865. The van der Waals surface area contributed by atoms with E-state index in [-0.39, 0.29) is 23.5 Å². The van der Waals surface area contributed by atoms with E-state index in [0.717, 1.165) is 5.56 Å². The molecule has 0 aliphatic heterocycles. The Kier molecular flexibility index (Phi) is 8.19. The van der Waals surface area contributed by atoms with Crippen LogP contribution in [0.3, 0.4) is 0 Å². The molecule has 0 saturated carbocycles. The molecule has 184 valence electrons. The average Bonchev–Trinajstić information content (AvgIpc) is 2.81. The Morgan fingerprint density at radius 1 is 1.06 bits per heavy atom. The number of hydrogen-bond donors (Lipinski definition) is 1. The van der Waals surface area contributed by atoms with Gasteiger partial charge in [-0.3, -0.25) is 9.78 Å². The van der Waals surface area contributed by atoms with Crippen LogP contribution < -0.4 is 10.9 Å². The minimum Gasteiger partial charge on any atom is -0.431 e. The maximum atomic E-state index is 13.4. The lowest BCUT2D eigenvalue weighted by atomic mass is 10.0. The molecule has 0 aliphatic rings. The Morgan fingerprint density at radius 3 is 2.40 bits per heavy atom. The fraction of sp³-hybridized carbons (Fsp3) is 0.320. The van der Waals surface area contributed by atoms with Gasteiger partial charge >= 0.3 is 12.1 Å². The van der Waals surface area contributed by atoms with E-state index in [4.69, 9.17) is 14.2 Å². The van der Waals surface area contributed by atoms with E-state index >= 15 is 0 Å². The third-order valence-electron chi connectivity index (χ3n) is 4.87. The van der Waals surface area contributed by atoms with Crippen molar-refractivity contribution < 1.29 is 23.8 Å². The molecule has 0 bridgehead atoms. The van der Waals surface area contributed by atoms with Gasteiger partial charge in [0.15, 0.2) is 0 Å². The Balaban J connectivity index is 2.11. The molecular weight excluding hydrogens is 452 g/mol. The van der Waals surface area contributed by atoms with E-state index in [1.54, 1.807) is 63.5 Å². The van der Waals surface area contributed by atoms with Gasteiger partial charge in [0.25, 0.3) is 5.56 Å². The first-order chi connectivity index (χ1) is 16.7. The summed E-state index contributed by atoms with van der Waals surface area (Å²) in [5.41, 5.74) is 1.54. The molecule has 0 saturated heterocycles. The Labute approximate surface area is 202 Å². The van der Waals surface area contributed by atoms with Crippen LogP contribution in [0.1, 0.15) is 43.6 Å². The number of rotatable bonds is 8. The second-order valence-corrected chi connectivity index (χ2v) is 7.91. The van der Waals surface area contributed by atoms with Crippen molar-refractivity contribution in [3.8, 4) is 11.3 Å². The number of benzene rings is 1. The largest absolute Gasteiger partial charge is 0.511 e. The van der Waals surface area contributed by atoms with Crippen LogP contribution >= 0.6 is 0 Å². The maximum Gasteiger partial charge on any atom is 0.511 e. The monoisotopic (exact) mass is 480 g/mol. The van der Waals surface area contributed by atoms with Crippen molar-refractivity contribution in [2.45, 2.75) is 53.6 Å². The second kappa shape index (κ2) is 11.3. The summed E-state index contributed by atoms with van der Waals surface area (Å²) in [5.74, 6) is -0.898. The SMILES string of the molecule is CCn1nc(-c2ccccc2)c(C(=O)OC(C)OC(=O)OC(C)C)c(Nc2cnccc2C)c1=O. The molecule has 3 aromatic rings. The van der Waals surface area contributed by atoms with E-state index in [0.29, 0.717) is 11.3 Å². The number of esters is 1. The van der Waals surface area contributed by atoms with Crippen molar-refractivity contribution in [3.63, 3.8) is 0 Å². The van der Waals surface area contributed by atoms with Crippen LogP contribution in [0.15, 0.2) is 53.6 Å². The van der Waals surface area contributed by atoms with Crippen molar-refractivity contribution in [1.29, 1.82) is 0 Å². The molecule has 1 N–H and O–H groups in total.